The maximum absolute atomic E-state index is 14.4. The Bertz CT molecular complexity index is 1890. The number of nitrogens with one attached hydrogen (secondary N) is 1. The number of halogens is 2. The second-order valence-electron chi connectivity index (χ2n) is 13.1. The number of fused-ring (bicyclic) bond motifs is 1. The Morgan fingerprint density at radius 2 is 1.78 bits per heavy atom. The van der Waals surface area contributed by atoms with Gasteiger partial charge in [0.05, 0.1) is 9.75 Å². The fourth-order valence-corrected chi connectivity index (χ4v) is 8.26. The van der Waals surface area contributed by atoms with E-state index in [9.17, 15) is 27.7 Å². The third-order valence-corrected chi connectivity index (χ3v) is 11.7. The van der Waals surface area contributed by atoms with Crippen LogP contribution in [0, 0.1) is 5.41 Å². The van der Waals surface area contributed by atoms with Crippen LogP contribution in [0.4, 0.5) is 13.9 Å². The lowest BCUT2D eigenvalue weighted by molar-refractivity contribution is -0.143. The van der Waals surface area contributed by atoms with Crippen molar-refractivity contribution in [3.8, 4) is 10.4 Å². The van der Waals surface area contributed by atoms with Crippen LogP contribution in [0.5, 0.6) is 0 Å². The van der Waals surface area contributed by atoms with Crippen molar-refractivity contribution >= 4 is 63.2 Å². The molecule has 1 saturated heterocycles. The molecule has 5 rings (SSSR count). The first-order valence-corrected chi connectivity index (χ1v) is 19.2. The number of alkyl halides is 2. The van der Waals surface area contributed by atoms with E-state index in [1.807, 2.05) is 58.0 Å². The maximum atomic E-state index is 14.4. The second-order valence-corrected chi connectivity index (χ2v) is 16.8. The predicted octanol–water partition coefficient (Wildman–Crippen LogP) is 7.22. The van der Waals surface area contributed by atoms with Crippen LogP contribution in [0.3, 0.4) is 0 Å². The largest absolute Gasteiger partial charge is 0.399 e. The van der Waals surface area contributed by atoms with Gasteiger partial charge in [-0.05, 0) is 54.3 Å². The van der Waals surface area contributed by atoms with Crippen LogP contribution in [-0.2, 0) is 19.8 Å². The second kappa shape index (κ2) is 14.4. The Hall–Kier alpha value is -3.55. The van der Waals surface area contributed by atoms with E-state index in [1.54, 1.807) is 16.0 Å². The van der Waals surface area contributed by atoms with Gasteiger partial charge in [0.1, 0.15) is 12.1 Å². The lowest BCUT2D eigenvalue weighted by Gasteiger charge is -2.38. The number of hydrogen-bond acceptors (Lipinski definition) is 7. The summed E-state index contributed by atoms with van der Waals surface area (Å²) in [6.45, 7) is 7.98. The zero-order valence-corrected chi connectivity index (χ0v) is 30.1. The quantitative estimate of drug-likeness (QED) is 0.154. The van der Waals surface area contributed by atoms with Crippen LogP contribution in [0.15, 0.2) is 60.8 Å². The Balaban J connectivity index is 1.40. The Kier molecular flexibility index (Phi) is 10.8. The SMILES string of the molecule is CCN(C(=O)[C@@H]1CCCCCN1C(=O)C(NC(=O)c1cc2cc(C(F)(F)P(=O)(O)O)ccc2s1)C(C)(C)C)c1ncc(-c2ccccc2)s1. The van der Waals surface area contributed by atoms with Crippen LogP contribution < -0.4 is 10.2 Å². The van der Waals surface area contributed by atoms with Gasteiger partial charge in [0.2, 0.25) is 5.91 Å². The van der Waals surface area contributed by atoms with Crippen molar-refractivity contribution in [3.63, 3.8) is 0 Å². The van der Waals surface area contributed by atoms with Crippen molar-refractivity contribution < 1.29 is 37.5 Å². The molecular weight excluding hydrogens is 693 g/mol. The minimum Gasteiger partial charge on any atom is -0.339 e. The van der Waals surface area contributed by atoms with Crippen molar-refractivity contribution in [2.24, 2.45) is 5.41 Å². The van der Waals surface area contributed by atoms with Crippen molar-refractivity contribution in [2.75, 3.05) is 18.0 Å². The first kappa shape index (κ1) is 36.7. The molecule has 3 heterocycles. The van der Waals surface area contributed by atoms with E-state index in [-0.39, 0.29) is 16.2 Å². The highest BCUT2D eigenvalue weighted by Gasteiger charge is 2.50. The van der Waals surface area contributed by atoms with Crippen LogP contribution in [0.25, 0.3) is 20.5 Å². The number of benzene rings is 2. The molecule has 1 fully saturated rings. The Morgan fingerprint density at radius 3 is 2.43 bits per heavy atom. The topological polar surface area (TPSA) is 140 Å². The third-order valence-electron chi connectivity index (χ3n) is 8.53. The van der Waals surface area contributed by atoms with Crippen LogP contribution in [0.2, 0.25) is 0 Å². The molecule has 3 amide bonds. The van der Waals surface area contributed by atoms with Gasteiger partial charge in [0.15, 0.2) is 5.13 Å². The number of carbonyl (C=O) groups is 3. The molecule has 0 aliphatic carbocycles. The maximum Gasteiger partial charge on any atom is 0.399 e. The zero-order chi connectivity index (χ0) is 35.7. The lowest BCUT2D eigenvalue weighted by atomic mass is 9.85. The van der Waals surface area contributed by atoms with Gasteiger partial charge in [-0.3, -0.25) is 23.8 Å². The molecule has 2 aromatic carbocycles. The molecule has 2 atom stereocenters. The van der Waals surface area contributed by atoms with E-state index < -0.39 is 48.1 Å². The Morgan fingerprint density at radius 1 is 1.06 bits per heavy atom. The number of amides is 3. The van der Waals surface area contributed by atoms with E-state index in [4.69, 9.17) is 9.79 Å². The fraction of sp³-hybridized carbons (Fsp3) is 0.412. The van der Waals surface area contributed by atoms with Crippen molar-refractivity contribution in [3.05, 3.63) is 71.2 Å². The number of aromatic nitrogens is 1. The van der Waals surface area contributed by atoms with Crippen molar-refractivity contribution in [1.82, 2.24) is 15.2 Å². The smallest absolute Gasteiger partial charge is 0.339 e. The van der Waals surface area contributed by atoms with Gasteiger partial charge >= 0.3 is 13.3 Å². The summed E-state index contributed by atoms with van der Waals surface area (Å²) in [5.74, 6) is -1.24. The summed E-state index contributed by atoms with van der Waals surface area (Å²) in [5, 5.41) is 3.59. The predicted molar refractivity (Wildman–Crippen MR) is 188 cm³/mol. The van der Waals surface area contributed by atoms with Crippen LogP contribution in [-0.4, -0.2) is 62.6 Å². The number of likely N-dealkylation sites (tertiary alicyclic amines) is 1. The first-order chi connectivity index (χ1) is 23.0. The summed E-state index contributed by atoms with van der Waals surface area (Å²) in [5.41, 5.74) is -5.05. The molecule has 3 N–H and O–H groups in total. The molecule has 1 unspecified atom stereocenters. The number of carbonyl (C=O) groups excluding carboxylic acids is 3. The number of anilines is 1. The van der Waals surface area contributed by atoms with Gasteiger partial charge in [-0.2, -0.15) is 8.78 Å². The fourth-order valence-electron chi connectivity index (χ4n) is 5.85. The summed E-state index contributed by atoms with van der Waals surface area (Å²) < 4.78 is 40.6. The van der Waals surface area contributed by atoms with Crippen LogP contribution >= 0.6 is 30.3 Å². The third kappa shape index (κ3) is 7.78. The number of hydrogen-bond donors (Lipinski definition) is 3. The molecule has 262 valence electrons. The monoisotopic (exact) mass is 732 g/mol. The van der Waals surface area contributed by atoms with E-state index in [0.29, 0.717) is 35.8 Å². The normalized spacial score (nSPS) is 16.7. The molecule has 1 aliphatic heterocycles. The molecule has 0 bridgehead atoms. The summed E-state index contributed by atoms with van der Waals surface area (Å²) in [4.78, 5) is 69.4. The Labute approximate surface area is 291 Å². The number of thiazole rings is 1. The van der Waals surface area contributed by atoms with Gasteiger partial charge in [-0.15, -0.1) is 11.3 Å². The summed E-state index contributed by atoms with van der Waals surface area (Å²) in [7, 11) is -5.78. The van der Waals surface area contributed by atoms with Gasteiger partial charge in [0.25, 0.3) is 11.8 Å². The van der Waals surface area contributed by atoms with E-state index in [1.165, 1.54) is 23.5 Å². The van der Waals surface area contributed by atoms with E-state index >= 15 is 0 Å². The molecule has 15 heteroatoms. The summed E-state index contributed by atoms with van der Waals surface area (Å²) >= 11 is 2.40. The molecule has 0 saturated carbocycles. The molecular formula is C34H39F2N4O6PS2. The highest BCUT2D eigenvalue weighted by molar-refractivity contribution is 7.52. The van der Waals surface area contributed by atoms with Crippen molar-refractivity contribution in [2.45, 2.75) is 71.1 Å². The minimum absolute atomic E-state index is 0.132. The number of nitrogens with zero attached hydrogens (tertiary/aromatic N) is 3. The average molecular weight is 733 g/mol. The molecule has 49 heavy (non-hydrogen) atoms. The molecule has 2 aromatic heterocycles. The summed E-state index contributed by atoms with van der Waals surface area (Å²) in [6, 6.07) is 12.5. The van der Waals surface area contributed by atoms with Crippen LogP contribution in [0.1, 0.15) is 68.6 Å². The average Bonchev–Trinajstić information content (AvgIpc) is 3.63. The first-order valence-electron chi connectivity index (χ1n) is 15.9. The lowest BCUT2D eigenvalue weighted by Crippen LogP contribution is -2.59. The number of rotatable bonds is 9. The molecule has 0 spiro atoms. The van der Waals surface area contributed by atoms with Gasteiger partial charge in [-0.25, -0.2) is 4.98 Å². The highest BCUT2D eigenvalue weighted by Crippen LogP contribution is 2.59. The molecule has 4 aromatic rings. The number of thiophene rings is 1. The summed E-state index contributed by atoms with van der Waals surface area (Å²) in [6.07, 6.45) is 4.49. The zero-order valence-electron chi connectivity index (χ0n) is 27.6. The molecule has 0 radical (unpaired) electrons. The van der Waals surface area contributed by atoms with Gasteiger partial charge in [0, 0.05) is 29.5 Å². The minimum atomic E-state index is -5.78. The van der Waals surface area contributed by atoms with Crippen molar-refractivity contribution in [1.29, 1.82) is 0 Å². The van der Waals surface area contributed by atoms with Gasteiger partial charge < -0.3 is 20.0 Å². The molecule has 1 aliphatic rings. The molecule has 10 nitrogen and oxygen atoms in total. The number of likely N-dealkylation sites (N-methyl/N-ethyl adjacent to an activating group) is 1. The standard InChI is InChI=1S/C34H39F2N4O6PS2/c1-5-39(32-37-20-27(49-32)21-12-8-6-9-13-21)30(42)24-14-10-7-11-17-40(24)31(43)28(33(2,3)4)38-29(41)26-19-22-18-23(15-16-25(22)48-26)34(35,36)47(44,45)46/h6,8-9,12-13,15-16,18-20,24,28H,5,7,10-11,14,17H2,1-4H3,(H,38,41)(H2,44,45,46)/t24-,28?/m0/s1. The van der Waals surface area contributed by atoms with E-state index in [2.05, 4.69) is 10.3 Å². The highest BCUT2D eigenvalue weighted by atomic mass is 32.1. The van der Waals surface area contributed by atoms with Gasteiger partial charge in [-0.1, -0.05) is 81.3 Å². The van der Waals surface area contributed by atoms with E-state index in [0.717, 1.165) is 46.8 Å².